The lowest BCUT2D eigenvalue weighted by atomic mass is 9.86. The Morgan fingerprint density at radius 1 is 0.345 bits per heavy atom. The molecule has 8 N–H and O–H groups in total. The van der Waals surface area contributed by atoms with Crippen LogP contribution in [0.25, 0.3) is 0 Å². The van der Waals surface area contributed by atoms with Crippen LogP contribution in [0.3, 0.4) is 0 Å². The summed E-state index contributed by atoms with van der Waals surface area (Å²) in [7, 11) is -6.65. The molecule has 616 valence electrons. The molecule has 4 amide bonds. The van der Waals surface area contributed by atoms with Gasteiger partial charge in [-0.3, -0.25) is 19.2 Å². The first-order valence-corrected chi connectivity index (χ1v) is 45.2. The van der Waals surface area contributed by atoms with E-state index in [1.54, 1.807) is 71.0 Å². The van der Waals surface area contributed by atoms with Gasteiger partial charge in [0.05, 0.1) is 34.1 Å². The van der Waals surface area contributed by atoms with Crippen molar-refractivity contribution in [2.75, 3.05) is 125 Å². The van der Waals surface area contributed by atoms with Crippen LogP contribution in [-0.2, 0) is 40.1 Å². The van der Waals surface area contributed by atoms with Crippen LogP contribution in [0.15, 0.2) is 60.7 Å². The van der Waals surface area contributed by atoms with Crippen LogP contribution in [-0.4, -0.2) is 205 Å². The molecule has 4 aromatic carbocycles. The Bertz CT molecular complexity index is 4140. The van der Waals surface area contributed by atoms with E-state index < -0.39 is 97.9 Å². The smallest absolute Gasteiger partial charge is 0.259 e. The number of anilines is 4. The molecule has 0 bridgehead atoms. The van der Waals surface area contributed by atoms with E-state index in [-0.39, 0.29) is 75.8 Å². The second-order valence-corrected chi connectivity index (χ2v) is 38.1. The summed E-state index contributed by atoms with van der Waals surface area (Å²) < 4.78 is 189. The average Bonchev–Trinajstić information content (AvgIpc) is 1.25. The van der Waals surface area contributed by atoms with Gasteiger partial charge in [0.1, 0.15) is 46.0 Å². The maximum absolute atomic E-state index is 14.4. The predicted octanol–water partition coefficient (Wildman–Crippen LogP) is 11.1. The van der Waals surface area contributed by atoms with E-state index in [0.29, 0.717) is 80.9 Å². The Labute approximate surface area is 647 Å². The number of halogens is 6. The molecule has 0 radical (unpaired) electrons. The molecule has 10 rings (SSSR count). The van der Waals surface area contributed by atoms with Gasteiger partial charge < -0.3 is 40.9 Å². The van der Waals surface area contributed by atoms with Crippen LogP contribution >= 0.6 is 0 Å². The van der Waals surface area contributed by atoms with E-state index in [1.165, 1.54) is 48.2 Å². The fraction of sp³-hybridized carbons (Fsp3) is 0.632. The number of benzene rings is 4. The third-order valence-electron chi connectivity index (χ3n) is 21.2. The summed E-state index contributed by atoms with van der Waals surface area (Å²) in [5, 5.41) is 12.7. The molecule has 4 aromatic rings. The highest BCUT2D eigenvalue weighted by Gasteiger charge is 2.32. The molecule has 6 aliphatic rings. The van der Waals surface area contributed by atoms with Crippen LogP contribution in [0.2, 0.25) is 0 Å². The minimum absolute atomic E-state index is 0.0198. The zero-order chi connectivity index (χ0) is 80.7. The molecule has 0 aromatic heterocycles. The second-order valence-electron chi connectivity index (χ2n) is 29.9. The van der Waals surface area contributed by atoms with Crippen molar-refractivity contribution in [3.05, 3.63) is 118 Å². The number of likely N-dealkylation sites (tertiary alicyclic amines) is 2. The number of carbonyl (C=O) groups is 4. The molecule has 4 aliphatic carbocycles. The molecule has 2 saturated heterocycles. The zero-order valence-corrected chi connectivity index (χ0v) is 67.9. The average molecular weight is 1630 g/mol. The van der Waals surface area contributed by atoms with E-state index in [0.717, 1.165) is 158 Å². The molecule has 0 spiro atoms. The van der Waals surface area contributed by atoms with Crippen LogP contribution in [0, 0.1) is 58.6 Å². The Kier molecular flexibility index (Phi) is 34.8. The number of carbonyl (C=O) groups excluding carboxylic acids is 4. The molecule has 34 heteroatoms. The summed E-state index contributed by atoms with van der Waals surface area (Å²) in [4.78, 5) is 54.3. The van der Waals surface area contributed by atoms with Crippen molar-refractivity contribution in [3.8, 4) is 0 Å². The highest BCUT2D eigenvalue weighted by Crippen LogP contribution is 2.32. The molecule has 2 aliphatic heterocycles. The Morgan fingerprint density at radius 2 is 0.609 bits per heavy atom. The Hall–Kier alpha value is -6.82. The van der Waals surface area contributed by atoms with Crippen molar-refractivity contribution in [2.24, 2.45) is 23.7 Å². The van der Waals surface area contributed by atoms with Crippen molar-refractivity contribution in [3.63, 3.8) is 0 Å². The van der Waals surface area contributed by atoms with Gasteiger partial charge in [0.25, 0.3) is 23.6 Å². The van der Waals surface area contributed by atoms with E-state index >= 15 is 0 Å². The monoisotopic (exact) mass is 1630 g/mol. The van der Waals surface area contributed by atoms with Crippen LogP contribution in [0.4, 0.5) is 49.1 Å². The maximum atomic E-state index is 14.4. The summed E-state index contributed by atoms with van der Waals surface area (Å²) in [6.45, 7) is 11.5. The van der Waals surface area contributed by atoms with Crippen molar-refractivity contribution in [1.29, 1.82) is 0 Å². The van der Waals surface area contributed by atoms with Gasteiger partial charge in [-0.15, -0.1) is 0 Å². The standard InChI is InChI=1S/C20H29F2N3O3S.C20H30FN3O3S.C18H27F2N3O3S.C18H28FN3O3S/c1-2-29(27,28)24-15-7-5-14(6-8-15)13-23-16-11-17(21)19(18(22)12-16)20(26)25-9-3-4-10-25;1-2-28(26,27)23-16-7-5-15(6-8-16)14-22-17-9-10-19(21)18(13-17)20(25)24-11-3-4-12-24;1-4-27(25,26)22-13-7-5-12(6-8-13)11-21-14-9-15(19)17(16(20)10-14)18(24)23(2)3;1-4-26(24,25)21-14-7-5-13(6-8-14)12-20-15-9-10-17(19)16(11-15)18(23)22(2)3/h11-12,14-15,23-24H,2-10,13H2,1H3;9-10,13,15-16,22-23H,2-8,11-12,14H2,1H3;9-10,12-13,21-22H,4-8,11H2,1-3H3;9-11,13-14,20-21H,4-8,12H2,1-3H3. The van der Waals surface area contributed by atoms with Crippen molar-refractivity contribution in [1.82, 2.24) is 38.5 Å². The van der Waals surface area contributed by atoms with Crippen LogP contribution in [0.5, 0.6) is 0 Å². The summed E-state index contributed by atoms with van der Waals surface area (Å²) in [5.74, 6) is -4.59. The highest BCUT2D eigenvalue weighted by atomic mass is 32.2. The number of amides is 4. The molecule has 110 heavy (non-hydrogen) atoms. The second kappa shape index (κ2) is 42.3. The number of nitrogens with one attached hydrogen (secondary N) is 8. The van der Waals surface area contributed by atoms with Gasteiger partial charge in [-0.25, -0.2) is 78.9 Å². The SMILES string of the molecule is CCS(=O)(=O)NC1CCC(CNc2cc(F)c(C(=O)N(C)C)c(F)c2)CC1.CCS(=O)(=O)NC1CCC(CNc2cc(F)c(C(=O)N3CCCC3)c(F)c2)CC1.CCS(=O)(=O)NC1CCC(CNc2ccc(F)c(C(=O)N(C)C)c2)CC1.CCS(=O)(=O)NC1CCC(CNc2ccc(F)c(C(=O)N3CCCC3)c2)CC1. The lowest BCUT2D eigenvalue weighted by molar-refractivity contribution is 0.0777. The van der Waals surface area contributed by atoms with Gasteiger partial charge in [0, 0.05) is 127 Å². The summed E-state index contributed by atoms with van der Waals surface area (Å²) in [6.07, 6.45) is 17.0. The topological polar surface area (TPSA) is 314 Å². The van der Waals surface area contributed by atoms with Gasteiger partial charge in [-0.1, -0.05) is 0 Å². The van der Waals surface area contributed by atoms with Gasteiger partial charge in [0.15, 0.2) is 0 Å². The number of sulfonamides is 4. The highest BCUT2D eigenvalue weighted by molar-refractivity contribution is 7.90. The first-order valence-electron chi connectivity index (χ1n) is 38.6. The fourth-order valence-corrected chi connectivity index (χ4v) is 18.0. The number of hydrogen-bond acceptors (Lipinski definition) is 16. The largest absolute Gasteiger partial charge is 0.385 e. The lowest BCUT2D eigenvalue weighted by Gasteiger charge is -2.29. The van der Waals surface area contributed by atoms with Crippen LogP contribution < -0.4 is 40.2 Å². The minimum atomic E-state index is -3.20. The Balaban J connectivity index is 0.000000204. The third kappa shape index (κ3) is 28.4. The van der Waals surface area contributed by atoms with Gasteiger partial charge in [-0.05, 0) is 240 Å². The third-order valence-corrected chi connectivity index (χ3v) is 27.0. The molecular weight excluding hydrogens is 1520 g/mol. The van der Waals surface area contributed by atoms with E-state index in [1.807, 2.05) is 0 Å². The van der Waals surface area contributed by atoms with Gasteiger partial charge >= 0.3 is 0 Å². The van der Waals surface area contributed by atoms with E-state index in [2.05, 4.69) is 40.2 Å². The molecule has 6 fully saturated rings. The minimum Gasteiger partial charge on any atom is -0.385 e. The summed E-state index contributed by atoms with van der Waals surface area (Å²) >= 11 is 0. The molecule has 0 atom stereocenters. The quantitative estimate of drug-likeness (QED) is 0.0245. The Morgan fingerprint density at radius 3 is 0.900 bits per heavy atom. The number of rotatable bonds is 28. The summed E-state index contributed by atoms with van der Waals surface area (Å²) in [5.41, 5.74) is 1.20. The lowest BCUT2D eigenvalue weighted by Crippen LogP contribution is -2.39. The predicted molar refractivity (Wildman–Crippen MR) is 419 cm³/mol. The normalized spacial score (nSPS) is 21.7. The van der Waals surface area contributed by atoms with Crippen molar-refractivity contribution < 1.29 is 79.2 Å². The van der Waals surface area contributed by atoms with Crippen molar-refractivity contribution >= 4 is 86.5 Å². The van der Waals surface area contributed by atoms with E-state index in [4.69, 9.17) is 0 Å². The zero-order valence-electron chi connectivity index (χ0n) is 64.6. The first-order chi connectivity index (χ1) is 52.0. The fourth-order valence-electron chi connectivity index (χ4n) is 14.3. The number of nitrogens with zero attached hydrogens (tertiary/aromatic N) is 4. The van der Waals surface area contributed by atoms with E-state index in [9.17, 15) is 79.2 Å². The van der Waals surface area contributed by atoms with Gasteiger partial charge in [0.2, 0.25) is 40.1 Å². The molecular formula is C76H114F6N12O12S4. The molecule has 24 nitrogen and oxygen atoms in total. The summed E-state index contributed by atoms with van der Waals surface area (Å²) in [6, 6.07) is 13.7. The maximum Gasteiger partial charge on any atom is 0.259 e. The van der Waals surface area contributed by atoms with Gasteiger partial charge in [-0.2, -0.15) is 0 Å². The molecule has 4 saturated carbocycles. The van der Waals surface area contributed by atoms with Crippen molar-refractivity contribution in [2.45, 2.75) is 180 Å². The molecule has 2 heterocycles. The molecule has 0 unspecified atom stereocenters. The van der Waals surface area contributed by atoms with Crippen LogP contribution in [0.1, 0.15) is 198 Å². The first kappa shape index (κ1) is 90.4. The number of hydrogen-bond donors (Lipinski definition) is 8.